The number of rotatable bonds is 53. The van der Waals surface area contributed by atoms with Gasteiger partial charge in [-0.05, 0) is 77.0 Å². The Morgan fingerprint density at radius 1 is 0.519 bits per heavy atom. The maximum Gasteiger partial charge on any atom is 0.306 e. The molecule has 6 N–H and O–H groups in total. The number of carbonyl (C=O) groups is 2. The zero-order chi connectivity index (χ0) is 57.5. The van der Waals surface area contributed by atoms with Gasteiger partial charge in [-0.1, -0.05) is 272 Å². The Balaban J connectivity index is 2.60. The van der Waals surface area contributed by atoms with Crippen molar-refractivity contribution < 1.29 is 49.3 Å². The molecule has 0 radical (unpaired) electrons. The predicted molar refractivity (Wildman–Crippen MR) is 329 cm³/mol. The number of amides is 1. The summed E-state index contributed by atoms with van der Waals surface area (Å²) in [5.41, 5.74) is 0. The third kappa shape index (κ3) is 43.0. The van der Waals surface area contributed by atoms with Crippen molar-refractivity contribution in [3.05, 3.63) is 97.2 Å². The second-order valence-electron chi connectivity index (χ2n) is 21.9. The molecule has 1 fully saturated rings. The summed E-state index contributed by atoms with van der Waals surface area (Å²) in [5.74, 6) is -1.24. The molecule has 0 aromatic rings. The number of aliphatic hydroxyl groups excluding tert-OH is 5. The third-order valence-corrected chi connectivity index (χ3v) is 14.6. The van der Waals surface area contributed by atoms with Gasteiger partial charge in [-0.3, -0.25) is 9.59 Å². The van der Waals surface area contributed by atoms with Crippen molar-refractivity contribution in [2.24, 2.45) is 0 Å². The standard InChI is InChI=1S/C68H117NO10/c1-4-7-10-13-16-19-22-24-26-27-28-29-30-31-32-33-34-35-36-38-41-44-47-50-53-56-63(73)79-66-65(75)64(74)62(57-70)78-68(66)77-58-59(60(71)54-51-48-45-42-39-21-18-15-12-9-6-3)69-67(76)61(72)55-52-49-46-43-40-37-25-23-20-17-14-11-8-5-2/h8,11,14,16-17,19-20,23-26,37,40,43,51,54,59-62,64-66,68,70-72,74-75H,4-7,9-10,12-13,15,18,21-22,27-36,38-39,41-42,44-50,52-53,55-58H2,1-3H3,(H,69,76)/b11-8+,17-14+,19-16-,23-20-,26-24-,37-25-,43-40+,54-51+. The van der Waals surface area contributed by atoms with E-state index in [2.05, 4.69) is 56.5 Å². The summed E-state index contributed by atoms with van der Waals surface area (Å²) in [6.45, 7) is 5.58. The van der Waals surface area contributed by atoms with E-state index in [1.165, 1.54) is 141 Å². The van der Waals surface area contributed by atoms with Crippen LogP contribution in [0.4, 0.5) is 0 Å². The molecule has 1 amide bonds. The number of carbonyl (C=O) groups excluding carboxylic acids is 2. The summed E-state index contributed by atoms with van der Waals surface area (Å²) >= 11 is 0. The maximum atomic E-state index is 13.4. The van der Waals surface area contributed by atoms with Crippen molar-refractivity contribution in [1.82, 2.24) is 5.32 Å². The molecule has 0 aromatic heterocycles. The van der Waals surface area contributed by atoms with Crippen molar-refractivity contribution in [3.8, 4) is 0 Å². The van der Waals surface area contributed by atoms with Crippen LogP contribution < -0.4 is 5.32 Å². The van der Waals surface area contributed by atoms with Gasteiger partial charge in [0.25, 0.3) is 0 Å². The largest absolute Gasteiger partial charge is 0.454 e. The van der Waals surface area contributed by atoms with Crippen molar-refractivity contribution in [2.75, 3.05) is 13.2 Å². The SMILES string of the molecule is CC/C=C/C=C/C=C\C=C/C=C/CCCCC(O)C(=O)NC(COC1OC(CO)C(O)C(O)C1OC(=O)CCCCCCCCCCCCCCCCC/C=C\C/C=C\CCCCC)C(O)/C=C/CCCCCCCCCCC. The Labute approximate surface area is 482 Å². The summed E-state index contributed by atoms with van der Waals surface area (Å²) in [6, 6.07) is -1.05. The van der Waals surface area contributed by atoms with E-state index in [0.717, 1.165) is 70.6 Å². The van der Waals surface area contributed by atoms with E-state index in [-0.39, 0.29) is 19.4 Å². The van der Waals surface area contributed by atoms with Gasteiger partial charge in [0, 0.05) is 6.42 Å². The first-order chi connectivity index (χ1) is 38.7. The molecule has 0 saturated carbocycles. The van der Waals surface area contributed by atoms with Crippen molar-refractivity contribution in [1.29, 1.82) is 0 Å². The fourth-order valence-electron chi connectivity index (χ4n) is 9.53. The zero-order valence-corrected chi connectivity index (χ0v) is 50.2. The number of unbranched alkanes of at least 4 members (excludes halogenated alkanes) is 29. The Kier molecular flexibility index (Phi) is 51.4. The molecular formula is C68H117NO10. The van der Waals surface area contributed by atoms with Gasteiger partial charge in [0.1, 0.15) is 24.4 Å². The molecule has 1 rings (SSSR count). The number of esters is 1. The van der Waals surface area contributed by atoms with Gasteiger partial charge in [-0.15, -0.1) is 0 Å². The van der Waals surface area contributed by atoms with Gasteiger partial charge in [-0.2, -0.15) is 0 Å². The van der Waals surface area contributed by atoms with Crippen LogP contribution in [-0.2, 0) is 23.8 Å². The Morgan fingerprint density at radius 3 is 1.49 bits per heavy atom. The highest BCUT2D eigenvalue weighted by Crippen LogP contribution is 2.26. The van der Waals surface area contributed by atoms with E-state index < -0.39 is 67.4 Å². The lowest BCUT2D eigenvalue weighted by Crippen LogP contribution is -2.61. The van der Waals surface area contributed by atoms with E-state index >= 15 is 0 Å². The van der Waals surface area contributed by atoms with Gasteiger partial charge in [0.05, 0.1) is 25.4 Å². The summed E-state index contributed by atoms with van der Waals surface area (Å²) in [4.78, 5) is 26.5. The molecule has 8 atom stereocenters. The molecule has 1 aliphatic heterocycles. The molecular weight excluding hydrogens is 991 g/mol. The van der Waals surface area contributed by atoms with Crippen LogP contribution in [-0.4, -0.2) is 99.6 Å². The quantitative estimate of drug-likeness (QED) is 0.0149. The van der Waals surface area contributed by atoms with Crippen molar-refractivity contribution in [3.63, 3.8) is 0 Å². The van der Waals surface area contributed by atoms with Crippen LogP contribution in [0.3, 0.4) is 0 Å². The first-order valence-electron chi connectivity index (χ1n) is 32.1. The minimum atomic E-state index is -1.63. The highest BCUT2D eigenvalue weighted by atomic mass is 16.7. The molecule has 1 saturated heterocycles. The Hall–Kier alpha value is -3.42. The lowest BCUT2D eigenvalue weighted by Gasteiger charge is -2.41. The first-order valence-corrected chi connectivity index (χ1v) is 32.1. The summed E-state index contributed by atoms with van der Waals surface area (Å²) in [6.07, 6.45) is 63.2. The van der Waals surface area contributed by atoms with E-state index in [1.807, 2.05) is 60.8 Å². The Bertz CT molecular complexity index is 1650. The first kappa shape index (κ1) is 73.6. The molecule has 79 heavy (non-hydrogen) atoms. The summed E-state index contributed by atoms with van der Waals surface area (Å²) in [7, 11) is 0. The molecule has 1 heterocycles. The minimum absolute atomic E-state index is 0.114. The van der Waals surface area contributed by atoms with E-state index in [9.17, 15) is 35.1 Å². The van der Waals surface area contributed by atoms with Gasteiger partial charge in [0.2, 0.25) is 5.91 Å². The molecule has 11 nitrogen and oxygen atoms in total. The topological polar surface area (TPSA) is 175 Å². The molecule has 8 unspecified atom stereocenters. The van der Waals surface area contributed by atoms with E-state index in [1.54, 1.807) is 6.08 Å². The second-order valence-corrected chi connectivity index (χ2v) is 21.9. The van der Waals surface area contributed by atoms with Crippen LogP contribution in [0.25, 0.3) is 0 Å². The molecule has 454 valence electrons. The normalized spacial score (nSPS) is 19.5. The lowest BCUT2D eigenvalue weighted by atomic mass is 9.99. The number of hydrogen-bond donors (Lipinski definition) is 6. The second kappa shape index (κ2) is 55.1. The molecule has 0 aromatic carbocycles. The van der Waals surface area contributed by atoms with Gasteiger partial charge in [-0.25, -0.2) is 0 Å². The molecule has 0 bridgehead atoms. The monoisotopic (exact) mass is 1110 g/mol. The molecule has 0 aliphatic carbocycles. The maximum absolute atomic E-state index is 13.4. The van der Waals surface area contributed by atoms with Crippen LogP contribution in [0.5, 0.6) is 0 Å². The minimum Gasteiger partial charge on any atom is -0.454 e. The average molecular weight is 1110 g/mol. The molecule has 0 spiro atoms. The van der Waals surface area contributed by atoms with Crippen LogP contribution in [0.2, 0.25) is 0 Å². The van der Waals surface area contributed by atoms with Gasteiger partial charge in [0.15, 0.2) is 12.4 Å². The number of nitrogens with one attached hydrogen (secondary N) is 1. The van der Waals surface area contributed by atoms with E-state index in [4.69, 9.17) is 14.2 Å². The molecule has 1 aliphatic rings. The number of aliphatic hydroxyl groups is 5. The zero-order valence-electron chi connectivity index (χ0n) is 50.2. The summed E-state index contributed by atoms with van der Waals surface area (Å²) < 4.78 is 17.6. The van der Waals surface area contributed by atoms with E-state index in [0.29, 0.717) is 12.8 Å². The summed E-state index contributed by atoms with van der Waals surface area (Å²) in [5, 5.41) is 56.9. The van der Waals surface area contributed by atoms with Crippen molar-refractivity contribution in [2.45, 2.75) is 307 Å². The van der Waals surface area contributed by atoms with Crippen LogP contribution >= 0.6 is 0 Å². The fraction of sp³-hybridized carbons (Fsp3) is 0.735. The number of allylic oxidation sites excluding steroid dienone is 15. The Morgan fingerprint density at radius 2 is 0.962 bits per heavy atom. The van der Waals surface area contributed by atoms with Crippen LogP contribution in [0, 0.1) is 0 Å². The molecule has 11 heteroatoms. The smallest absolute Gasteiger partial charge is 0.306 e. The number of hydrogen-bond acceptors (Lipinski definition) is 10. The lowest BCUT2D eigenvalue weighted by molar-refractivity contribution is -0.305. The number of ether oxygens (including phenoxy) is 3. The van der Waals surface area contributed by atoms with Crippen LogP contribution in [0.1, 0.15) is 258 Å². The fourth-order valence-corrected chi connectivity index (χ4v) is 9.53. The van der Waals surface area contributed by atoms with Gasteiger partial charge >= 0.3 is 5.97 Å². The van der Waals surface area contributed by atoms with Crippen LogP contribution in [0.15, 0.2) is 97.2 Å². The third-order valence-electron chi connectivity index (χ3n) is 14.6. The van der Waals surface area contributed by atoms with Crippen molar-refractivity contribution >= 4 is 11.9 Å². The average Bonchev–Trinajstić information content (AvgIpc) is 3.45. The predicted octanol–water partition coefficient (Wildman–Crippen LogP) is 15.5. The van der Waals surface area contributed by atoms with Gasteiger partial charge < -0.3 is 45.1 Å². The highest BCUT2D eigenvalue weighted by Gasteiger charge is 2.47. The highest BCUT2D eigenvalue weighted by molar-refractivity contribution is 5.80.